The number of unbranched alkanes of at least 4 members (excludes halogenated alkanes) is 11. The Balaban J connectivity index is 2.15. The van der Waals surface area contributed by atoms with Gasteiger partial charge >= 0.3 is 5.97 Å². The Morgan fingerprint density at radius 2 is 1.22 bits per heavy atom. The van der Waals surface area contributed by atoms with Crippen LogP contribution in [0.25, 0.3) is 0 Å². The maximum Gasteiger partial charge on any atom is 0.335 e. The van der Waals surface area contributed by atoms with Gasteiger partial charge in [0.25, 0.3) is 0 Å². The number of benzene rings is 1. The number of carboxylic acid groups (broad SMARTS) is 1. The minimum atomic E-state index is -0.947. The van der Waals surface area contributed by atoms with Crippen LogP contribution in [0.5, 0.6) is 0 Å². The summed E-state index contributed by atoms with van der Waals surface area (Å²) in [5.41, 5.74) is 1.02. The lowest BCUT2D eigenvalue weighted by molar-refractivity contribution is -0.116. The Bertz CT molecular complexity index is 539. The molecule has 0 aliphatic heterocycles. The summed E-state index contributed by atoms with van der Waals surface area (Å²) in [5.74, 6) is -0.946. The summed E-state index contributed by atoms with van der Waals surface area (Å²) in [4.78, 5) is 24.6. The first-order chi connectivity index (χ1) is 13.1. The lowest BCUT2D eigenvalue weighted by Crippen LogP contribution is -2.29. The predicted molar refractivity (Wildman–Crippen MR) is 113 cm³/mol. The number of carbonyl (C=O) groups excluding carboxylic acids is 1. The second-order valence-corrected chi connectivity index (χ2v) is 7.41. The van der Waals surface area contributed by atoms with E-state index in [-0.39, 0.29) is 11.5 Å². The number of hydrogen-bond donors (Lipinski definition) is 1. The van der Waals surface area contributed by atoms with Crippen LogP contribution in [0.4, 0.5) is 5.69 Å². The highest BCUT2D eigenvalue weighted by atomic mass is 16.4. The average molecular weight is 376 g/mol. The molecule has 27 heavy (non-hydrogen) atoms. The van der Waals surface area contributed by atoms with E-state index in [9.17, 15) is 9.59 Å². The summed E-state index contributed by atoms with van der Waals surface area (Å²) in [6, 6.07) is 6.53. The first kappa shape index (κ1) is 23.2. The molecule has 0 fully saturated rings. The zero-order valence-corrected chi connectivity index (χ0v) is 17.2. The minimum Gasteiger partial charge on any atom is -0.478 e. The van der Waals surface area contributed by atoms with Crippen molar-refractivity contribution in [2.24, 2.45) is 0 Å². The molecule has 0 spiro atoms. The molecule has 1 rings (SSSR count). The van der Waals surface area contributed by atoms with E-state index in [0.29, 0.717) is 6.54 Å². The maximum atomic E-state index is 11.9. The van der Waals surface area contributed by atoms with E-state index in [4.69, 9.17) is 5.11 Å². The number of carbonyl (C=O) groups is 2. The Hall–Kier alpha value is -1.84. The van der Waals surface area contributed by atoms with Crippen molar-refractivity contribution in [3.05, 3.63) is 29.8 Å². The number of rotatable bonds is 15. The molecule has 0 bridgehead atoms. The second kappa shape index (κ2) is 14.2. The van der Waals surface area contributed by atoms with Crippen LogP contribution in [0.1, 0.15) is 101 Å². The molecule has 0 atom stereocenters. The smallest absolute Gasteiger partial charge is 0.335 e. The van der Waals surface area contributed by atoms with Crippen molar-refractivity contribution in [1.29, 1.82) is 0 Å². The second-order valence-electron chi connectivity index (χ2n) is 7.41. The van der Waals surface area contributed by atoms with Crippen LogP contribution in [0.2, 0.25) is 0 Å². The largest absolute Gasteiger partial charge is 0.478 e. The van der Waals surface area contributed by atoms with Gasteiger partial charge in [0.05, 0.1) is 5.56 Å². The summed E-state index contributed by atoms with van der Waals surface area (Å²) < 4.78 is 0. The molecule has 1 amide bonds. The number of hydrogen-bond acceptors (Lipinski definition) is 2. The molecule has 0 saturated carbocycles. The van der Waals surface area contributed by atoms with E-state index in [1.54, 1.807) is 36.1 Å². The van der Waals surface area contributed by atoms with Crippen molar-refractivity contribution >= 4 is 17.6 Å². The lowest BCUT2D eigenvalue weighted by atomic mass is 10.1. The van der Waals surface area contributed by atoms with Crippen molar-refractivity contribution in [2.75, 3.05) is 11.4 Å². The molecule has 1 N–H and O–H groups in total. The summed E-state index contributed by atoms with van der Waals surface area (Å²) in [5, 5.41) is 8.97. The highest BCUT2D eigenvalue weighted by Crippen LogP contribution is 2.18. The van der Waals surface area contributed by atoms with Crippen LogP contribution in [-0.4, -0.2) is 23.5 Å². The topological polar surface area (TPSA) is 57.6 Å². The number of aromatic carboxylic acids is 1. The van der Waals surface area contributed by atoms with Gasteiger partial charge in [-0.3, -0.25) is 4.79 Å². The molecule has 0 aliphatic carbocycles. The Morgan fingerprint density at radius 1 is 0.778 bits per heavy atom. The van der Waals surface area contributed by atoms with Crippen LogP contribution in [0.3, 0.4) is 0 Å². The Morgan fingerprint density at radius 3 is 1.63 bits per heavy atom. The summed E-state index contributed by atoms with van der Waals surface area (Å²) in [7, 11) is 0. The van der Waals surface area contributed by atoms with Gasteiger partial charge in [-0.25, -0.2) is 4.79 Å². The molecule has 0 aromatic heterocycles. The van der Waals surface area contributed by atoms with E-state index in [2.05, 4.69) is 6.92 Å². The maximum absolute atomic E-state index is 11.9. The quantitative estimate of drug-likeness (QED) is 0.359. The van der Waals surface area contributed by atoms with Gasteiger partial charge in [-0.15, -0.1) is 0 Å². The molecule has 4 nitrogen and oxygen atoms in total. The average Bonchev–Trinajstić information content (AvgIpc) is 2.65. The fourth-order valence-electron chi connectivity index (χ4n) is 3.36. The third-order valence-corrected chi connectivity index (χ3v) is 5.04. The molecular weight excluding hydrogens is 338 g/mol. The monoisotopic (exact) mass is 375 g/mol. The molecule has 0 unspecified atom stereocenters. The highest BCUT2D eigenvalue weighted by Gasteiger charge is 2.12. The van der Waals surface area contributed by atoms with Crippen molar-refractivity contribution < 1.29 is 14.7 Å². The molecular formula is C23H37NO3. The molecule has 0 heterocycles. The van der Waals surface area contributed by atoms with E-state index in [1.807, 2.05) is 0 Å². The normalized spacial score (nSPS) is 10.7. The molecule has 4 heteroatoms. The molecule has 1 aromatic rings. The Kier molecular flexibility index (Phi) is 12.2. The SMILES string of the molecule is CCCCCCCCCCCCCCN(C(C)=O)c1ccc(C(=O)O)cc1. The molecule has 152 valence electrons. The van der Waals surface area contributed by atoms with Crippen molar-refractivity contribution in [3.63, 3.8) is 0 Å². The van der Waals surface area contributed by atoms with Crippen molar-refractivity contribution in [1.82, 2.24) is 0 Å². The van der Waals surface area contributed by atoms with E-state index in [1.165, 1.54) is 64.2 Å². The Labute approximate surface area is 165 Å². The summed E-state index contributed by atoms with van der Waals surface area (Å²) in [6.07, 6.45) is 15.5. The van der Waals surface area contributed by atoms with Crippen molar-refractivity contribution in [3.8, 4) is 0 Å². The van der Waals surface area contributed by atoms with Gasteiger partial charge in [0.15, 0.2) is 0 Å². The number of anilines is 1. The number of amides is 1. The van der Waals surface area contributed by atoms with Crippen LogP contribution in [0.15, 0.2) is 24.3 Å². The number of carboxylic acids is 1. The van der Waals surface area contributed by atoms with E-state index >= 15 is 0 Å². The molecule has 1 aromatic carbocycles. The summed E-state index contributed by atoms with van der Waals surface area (Å²) in [6.45, 7) is 4.51. The standard InChI is InChI=1S/C23H37NO3/c1-3-4-5-6-7-8-9-10-11-12-13-14-19-24(20(2)25)22-17-15-21(16-18-22)23(26)27/h15-18H,3-14,19H2,1-2H3,(H,26,27). The van der Waals surface area contributed by atoms with E-state index < -0.39 is 5.97 Å². The fourth-order valence-corrected chi connectivity index (χ4v) is 3.36. The lowest BCUT2D eigenvalue weighted by Gasteiger charge is -2.21. The van der Waals surface area contributed by atoms with E-state index in [0.717, 1.165) is 18.5 Å². The minimum absolute atomic E-state index is 0.00106. The molecule has 0 saturated heterocycles. The van der Waals surface area contributed by atoms with Gasteiger partial charge in [0.1, 0.15) is 0 Å². The van der Waals surface area contributed by atoms with Gasteiger partial charge in [0, 0.05) is 19.2 Å². The fraction of sp³-hybridized carbons (Fsp3) is 0.652. The van der Waals surface area contributed by atoms with Gasteiger partial charge in [-0.1, -0.05) is 77.6 Å². The van der Waals surface area contributed by atoms with Gasteiger partial charge in [-0.2, -0.15) is 0 Å². The summed E-state index contributed by atoms with van der Waals surface area (Å²) >= 11 is 0. The van der Waals surface area contributed by atoms with Crippen LogP contribution in [0, 0.1) is 0 Å². The zero-order valence-electron chi connectivity index (χ0n) is 17.2. The first-order valence-electron chi connectivity index (χ1n) is 10.7. The number of nitrogens with zero attached hydrogens (tertiary/aromatic N) is 1. The molecule has 0 aliphatic rings. The van der Waals surface area contributed by atoms with Gasteiger partial charge < -0.3 is 10.0 Å². The van der Waals surface area contributed by atoms with Gasteiger partial charge in [0.2, 0.25) is 5.91 Å². The third kappa shape index (κ3) is 10.2. The van der Waals surface area contributed by atoms with Crippen molar-refractivity contribution in [2.45, 2.75) is 90.9 Å². The zero-order chi connectivity index (χ0) is 19.9. The predicted octanol–water partition coefficient (Wildman–Crippen LogP) is 6.44. The molecule has 0 radical (unpaired) electrons. The third-order valence-electron chi connectivity index (χ3n) is 5.04. The van der Waals surface area contributed by atoms with Crippen LogP contribution < -0.4 is 4.90 Å². The first-order valence-corrected chi connectivity index (χ1v) is 10.7. The van der Waals surface area contributed by atoms with Gasteiger partial charge in [-0.05, 0) is 30.7 Å². The van der Waals surface area contributed by atoms with Crippen LogP contribution >= 0.6 is 0 Å². The van der Waals surface area contributed by atoms with Crippen LogP contribution in [-0.2, 0) is 4.79 Å². The highest BCUT2D eigenvalue weighted by molar-refractivity contribution is 5.93.